The Morgan fingerprint density at radius 3 is 2.38 bits per heavy atom. The number of hydrogen-bond donors (Lipinski definition) is 1. The number of benzene rings is 1. The van der Waals surface area contributed by atoms with Gasteiger partial charge in [0.15, 0.2) is 0 Å². The maximum atomic E-state index is 11.9. The molecule has 1 aromatic carbocycles. The summed E-state index contributed by atoms with van der Waals surface area (Å²) in [5.41, 5.74) is 1.51. The monoisotopic (exact) mass is 289 g/mol. The molecule has 2 aliphatic heterocycles. The summed E-state index contributed by atoms with van der Waals surface area (Å²) in [6.07, 6.45) is 0. The summed E-state index contributed by atoms with van der Waals surface area (Å²) in [7, 11) is 1.07. The van der Waals surface area contributed by atoms with Crippen LogP contribution in [0.4, 0.5) is 0 Å². The molecular weight excluding hydrogens is 269 g/mol. The third kappa shape index (κ3) is 2.13. The Bertz CT molecular complexity index is 596. The Labute approximate surface area is 125 Å². The Kier molecular flexibility index (Phi) is 3.08. The second-order valence-corrected chi connectivity index (χ2v) is 6.52. The molecule has 5 nitrogen and oxygen atoms in total. The number of carbonyl (C=O) groups is 1. The number of nitrogens with one attached hydrogen (secondary N) is 1. The largest absolute Gasteiger partial charge is 0.498 e. The number of fused-ring (bicyclic) bond motifs is 1. The zero-order chi connectivity index (χ0) is 15.4. The molecular formula is C15H20BNO4. The topological polar surface area (TPSA) is 56.8 Å². The Morgan fingerprint density at radius 1 is 1.19 bits per heavy atom. The molecule has 0 radical (unpaired) electrons. The number of carbonyl (C=O) groups excluding carboxylic acids is 1. The van der Waals surface area contributed by atoms with Crippen LogP contribution in [0.3, 0.4) is 0 Å². The lowest BCUT2D eigenvalue weighted by molar-refractivity contribution is 0.00578. The van der Waals surface area contributed by atoms with Gasteiger partial charge in [-0.3, -0.25) is 4.79 Å². The molecule has 0 aliphatic carbocycles. The highest BCUT2D eigenvalue weighted by atomic mass is 16.7. The maximum absolute atomic E-state index is 11.9. The zero-order valence-corrected chi connectivity index (χ0v) is 13.1. The molecule has 1 fully saturated rings. The van der Waals surface area contributed by atoms with Crippen LogP contribution < -0.4 is 15.5 Å². The predicted octanol–water partition coefficient (Wildman–Crippen LogP) is 1.24. The molecule has 0 atom stereocenters. The van der Waals surface area contributed by atoms with E-state index in [1.165, 1.54) is 0 Å². The van der Waals surface area contributed by atoms with Crippen molar-refractivity contribution in [2.45, 2.75) is 45.4 Å². The van der Waals surface area contributed by atoms with E-state index in [1.54, 1.807) is 7.11 Å². The van der Waals surface area contributed by atoms with Gasteiger partial charge in [0.05, 0.1) is 18.3 Å². The van der Waals surface area contributed by atoms with Crippen molar-refractivity contribution in [1.29, 1.82) is 0 Å². The van der Waals surface area contributed by atoms with Crippen LogP contribution >= 0.6 is 0 Å². The van der Waals surface area contributed by atoms with Crippen LogP contribution in [-0.4, -0.2) is 31.3 Å². The van der Waals surface area contributed by atoms with E-state index in [0.717, 1.165) is 11.0 Å². The normalized spacial score (nSPS) is 22.1. The standard InChI is InChI=1S/C15H20BNO4/c1-14(2)15(3,4)21-16(20-14)11-7-10-9(6-12(11)19-5)8-17-13(10)18/h6-7H,8H2,1-5H3,(H,17,18). The zero-order valence-electron chi connectivity index (χ0n) is 13.1. The Balaban J connectivity index is 2.04. The smallest absolute Gasteiger partial charge is 0.497 e. The van der Waals surface area contributed by atoms with Crippen LogP contribution in [-0.2, 0) is 15.9 Å². The molecule has 0 aromatic heterocycles. The highest BCUT2D eigenvalue weighted by Crippen LogP contribution is 2.37. The minimum atomic E-state index is -0.538. The fraction of sp³-hybridized carbons (Fsp3) is 0.533. The van der Waals surface area contributed by atoms with Crippen molar-refractivity contribution in [1.82, 2.24) is 5.32 Å². The summed E-state index contributed by atoms with van der Waals surface area (Å²) in [6.45, 7) is 8.53. The van der Waals surface area contributed by atoms with Gasteiger partial charge in [0, 0.05) is 17.6 Å². The quantitative estimate of drug-likeness (QED) is 0.832. The average Bonchev–Trinajstić information content (AvgIpc) is 2.86. The lowest BCUT2D eigenvalue weighted by Gasteiger charge is -2.32. The van der Waals surface area contributed by atoms with Gasteiger partial charge in [-0.05, 0) is 45.4 Å². The number of methoxy groups -OCH3 is 1. The van der Waals surface area contributed by atoms with Crippen molar-refractivity contribution in [3.63, 3.8) is 0 Å². The number of rotatable bonds is 2. The summed E-state index contributed by atoms with van der Waals surface area (Å²) in [6, 6.07) is 3.70. The van der Waals surface area contributed by atoms with E-state index in [0.29, 0.717) is 17.9 Å². The van der Waals surface area contributed by atoms with Crippen LogP contribution in [0.2, 0.25) is 0 Å². The lowest BCUT2D eigenvalue weighted by atomic mass is 9.77. The van der Waals surface area contributed by atoms with Gasteiger partial charge in [-0.1, -0.05) is 0 Å². The lowest BCUT2D eigenvalue weighted by Crippen LogP contribution is -2.41. The molecule has 21 heavy (non-hydrogen) atoms. The number of ether oxygens (including phenoxy) is 1. The van der Waals surface area contributed by atoms with E-state index in [4.69, 9.17) is 14.0 Å². The van der Waals surface area contributed by atoms with E-state index < -0.39 is 18.3 Å². The van der Waals surface area contributed by atoms with Gasteiger partial charge >= 0.3 is 7.12 Å². The first-order valence-corrected chi connectivity index (χ1v) is 7.10. The van der Waals surface area contributed by atoms with Crippen LogP contribution in [0, 0.1) is 0 Å². The van der Waals surface area contributed by atoms with E-state index >= 15 is 0 Å². The molecule has 1 N–H and O–H groups in total. The Morgan fingerprint density at radius 2 is 1.81 bits per heavy atom. The average molecular weight is 289 g/mol. The van der Waals surface area contributed by atoms with Crippen LogP contribution in [0.25, 0.3) is 0 Å². The molecule has 1 amide bonds. The SMILES string of the molecule is COc1cc2c(cc1B1OC(C)(C)C(C)(C)O1)C(=O)NC2. The third-order valence-electron chi connectivity index (χ3n) is 4.65. The molecule has 0 saturated carbocycles. The summed E-state index contributed by atoms with van der Waals surface area (Å²) < 4.78 is 17.6. The first-order chi connectivity index (χ1) is 9.75. The fourth-order valence-corrected chi connectivity index (χ4v) is 2.60. The third-order valence-corrected chi connectivity index (χ3v) is 4.65. The summed E-state index contributed by atoms with van der Waals surface area (Å²) in [5.74, 6) is 0.620. The van der Waals surface area contributed by atoms with Gasteiger partial charge in [-0.2, -0.15) is 0 Å². The minimum Gasteiger partial charge on any atom is -0.497 e. The van der Waals surface area contributed by atoms with Gasteiger partial charge in [0.25, 0.3) is 5.91 Å². The first kappa shape index (κ1) is 14.4. The van der Waals surface area contributed by atoms with Gasteiger partial charge < -0.3 is 19.4 Å². The predicted molar refractivity (Wildman–Crippen MR) is 79.9 cm³/mol. The summed E-state index contributed by atoms with van der Waals surface area (Å²) >= 11 is 0. The van der Waals surface area contributed by atoms with Gasteiger partial charge in [-0.25, -0.2) is 0 Å². The highest BCUT2D eigenvalue weighted by molar-refractivity contribution is 6.63. The van der Waals surface area contributed by atoms with Crippen molar-refractivity contribution in [3.05, 3.63) is 23.3 Å². The maximum Gasteiger partial charge on any atom is 0.498 e. The van der Waals surface area contributed by atoms with Crippen molar-refractivity contribution in [2.75, 3.05) is 7.11 Å². The summed E-state index contributed by atoms with van der Waals surface area (Å²) in [5, 5.41) is 2.81. The minimum absolute atomic E-state index is 0.0644. The van der Waals surface area contributed by atoms with Gasteiger partial charge in [0.2, 0.25) is 0 Å². The van der Waals surface area contributed by atoms with Gasteiger partial charge in [0.1, 0.15) is 5.75 Å². The molecule has 2 aliphatic rings. The molecule has 0 bridgehead atoms. The molecule has 1 saturated heterocycles. The molecule has 1 aromatic rings. The van der Waals surface area contributed by atoms with Gasteiger partial charge in [-0.15, -0.1) is 0 Å². The molecule has 0 spiro atoms. The molecule has 0 unspecified atom stereocenters. The number of hydrogen-bond acceptors (Lipinski definition) is 4. The van der Waals surface area contributed by atoms with Crippen molar-refractivity contribution >= 4 is 18.5 Å². The van der Waals surface area contributed by atoms with E-state index in [-0.39, 0.29) is 5.91 Å². The van der Waals surface area contributed by atoms with Crippen molar-refractivity contribution < 1.29 is 18.8 Å². The Hall–Kier alpha value is -1.53. The second kappa shape index (κ2) is 4.48. The molecule has 3 rings (SSSR count). The first-order valence-electron chi connectivity index (χ1n) is 7.10. The summed E-state index contributed by atoms with van der Waals surface area (Å²) in [4.78, 5) is 11.9. The highest BCUT2D eigenvalue weighted by Gasteiger charge is 2.52. The molecule has 6 heteroatoms. The fourth-order valence-electron chi connectivity index (χ4n) is 2.60. The number of amides is 1. The molecule has 2 heterocycles. The van der Waals surface area contributed by atoms with Crippen molar-refractivity contribution in [3.8, 4) is 5.75 Å². The van der Waals surface area contributed by atoms with Crippen LogP contribution in [0.1, 0.15) is 43.6 Å². The van der Waals surface area contributed by atoms with E-state index in [1.807, 2.05) is 39.8 Å². The molecule has 112 valence electrons. The van der Waals surface area contributed by atoms with Crippen LogP contribution in [0.15, 0.2) is 12.1 Å². The van der Waals surface area contributed by atoms with Crippen molar-refractivity contribution in [2.24, 2.45) is 0 Å². The second-order valence-electron chi connectivity index (χ2n) is 6.52. The van der Waals surface area contributed by atoms with E-state index in [2.05, 4.69) is 5.32 Å². The van der Waals surface area contributed by atoms with E-state index in [9.17, 15) is 4.79 Å². The van der Waals surface area contributed by atoms with Crippen LogP contribution in [0.5, 0.6) is 5.75 Å².